The van der Waals surface area contributed by atoms with Gasteiger partial charge >= 0.3 is 0 Å². The number of nitrogens with zero attached hydrogens (tertiary/aromatic N) is 1. The van der Waals surface area contributed by atoms with E-state index in [2.05, 4.69) is 5.32 Å². The topological polar surface area (TPSA) is 84.9 Å². The molecule has 0 bridgehead atoms. The van der Waals surface area contributed by atoms with Gasteiger partial charge in [0.2, 0.25) is 0 Å². The van der Waals surface area contributed by atoms with E-state index in [0.29, 0.717) is 31.2 Å². The van der Waals surface area contributed by atoms with E-state index in [4.69, 9.17) is 13.6 Å². The lowest BCUT2D eigenvalue weighted by atomic mass is 9.90. The van der Waals surface area contributed by atoms with Gasteiger partial charge in [-0.1, -0.05) is 0 Å². The zero-order valence-corrected chi connectivity index (χ0v) is 15.4. The normalized spacial score (nSPS) is 25.1. The minimum absolute atomic E-state index is 0.0569. The van der Waals surface area contributed by atoms with Crippen LogP contribution in [0.5, 0.6) is 0 Å². The highest BCUT2D eigenvalue weighted by Gasteiger charge is 2.44. The summed E-state index contributed by atoms with van der Waals surface area (Å²) in [6, 6.07) is 6.84. The van der Waals surface area contributed by atoms with Crippen LogP contribution in [-0.4, -0.2) is 48.1 Å². The predicted octanol–water partition coefficient (Wildman–Crippen LogP) is 2.76. The molecule has 2 aliphatic rings. The van der Waals surface area contributed by atoms with Crippen molar-refractivity contribution in [3.05, 3.63) is 47.8 Å². The number of hydrogen-bond donors (Lipinski definition) is 1. The number of carbonyl (C=O) groups is 2. The van der Waals surface area contributed by atoms with Crippen LogP contribution in [0.15, 0.2) is 39.4 Å². The molecule has 144 valence electrons. The van der Waals surface area contributed by atoms with Gasteiger partial charge in [0.25, 0.3) is 11.8 Å². The lowest BCUT2D eigenvalue weighted by molar-refractivity contribution is -0.117. The number of nitrogens with one attached hydrogen (secondary N) is 1. The Balaban J connectivity index is 1.33. The van der Waals surface area contributed by atoms with Gasteiger partial charge in [0, 0.05) is 13.1 Å². The summed E-state index contributed by atoms with van der Waals surface area (Å²) in [5, 5.41) is 2.87. The summed E-state index contributed by atoms with van der Waals surface area (Å²) in [6.45, 7) is 3.49. The maximum atomic E-state index is 12.6. The first kappa shape index (κ1) is 17.9. The molecule has 0 unspecified atom stereocenters. The van der Waals surface area contributed by atoms with Crippen LogP contribution in [0.4, 0.5) is 0 Å². The molecule has 7 nitrogen and oxygen atoms in total. The molecule has 2 aliphatic heterocycles. The van der Waals surface area contributed by atoms with E-state index in [9.17, 15) is 9.59 Å². The van der Waals surface area contributed by atoms with Crippen LogP contribution in [-0.2, 0) is 4.74 Å². The highest BCUT2D eigenvalue weighted by Crippen LogP contribution is 2.37. The van der Waals surface area contributed by atoms with Crippen molar-refractivity contribution in [2.45, 2.75) is 44.3 Å². The molecule has 0 radical (unpaired) electrons. The molecule has 2 aromatic heterocycles. The monoisotopic (exact) mass is 372 g/mol. The van der Waals surface area contributed by atoms with Crippen molar-refractivity contribution >= 4 is 11.8 Å². The first-order valence-electron chi connectivity index (χ1n) is 9.40. The Kier molecular flexibility index (Phi) is 4.78. The lowest BCUT2D eigenvalue weighted by Crippen LogP contribution is -2.47. The molecule has 2 amide bonds. The SMILES string of the molecule is Cc1ccc(C(=O)N2CC[C@]3(CCC[C@@H](CNC(=O)c4ccco4)O3)C2)o1. The van der Waals surface area contributed by atoms with Crippen LogP contribution >= 0.6 is 0 Å². The Morgan fingerprint density at radius 3 is 2.89 bits per heavy atom. The van der Waals surface area contributed by atoms with Crippen LogP contribution in [0, 0.1) is 6.92 Å². The standard InChI is InChI=1S/C20H24N2O5/c1-14-6-7-17(26-14)19(24)22-10-9-20(13-22)8-2-4-15(27-20)12-21-18(23)16-5-3-11-25-16/h3,5-7,11,15H,2,4,8-10,12-13H2,1H3,(H,21,23)/t15-,20+/m0/s1. The van der Waals surface area contributed by atoms with Gasteiger partial charge in [-0.15, -0.1) is 0 Å². The second-order valence-corrected chi connectivity index (χ2v) is 7.39. The van der Waals surface area contributed by atoms with Crippen molar-refractivity contribution in [2.75, 3.05) is 19.6 Å². The summed E-state index contributed by atoms with van der Waals surface area (Å²) in [7, 11) is 0. The summed E-state index contributed by atoms with van der Waals surface area (Å²) < 4.78 is 16.9. The molecule has 27 heavy (non-hydrogen) atoms. The molecular formula is C20H24N2O5. The minimum Gasteiger partial charge on any atom is -0.459 e. The summed E-state index contributed by atoms with van der Waals surface area (Å²) in [5.74, 6) is 1.08. The number of hydrogen-bond acceptors (Lipinski definition) is 5. The van der Waals surface area contributed by atoms with Crippen molar-refractivity contribution in [1.82, 2.24) is 10.2 Å². The average Bonchev–Trinajstić information content (AvgIpc) is 3.41. The van der Waals surface area contributed by atoms with Gasteiger partial charge in [-0.2, -0.15) is 0 Å². The number of carbonyl (C=O) groups excluding carboxylic acids is 2. The van der Waals surface area contributed by atoms with E-state index in [0.717, 1.165) is 31.4 Å². The van der Waals surface area contributed by atoms with Crippen LogP contribution in [0.1, 0.15) is 52.6 Å². The van der Waals surface area contributed by atoms with E-state index in [1.165, 1.54) is 6.26 Å². The van der Waals surface area contributed by atoms with E-state index < -0.39 is 0 Å². The number of amides is 2. The molecule has 4 rings (SSSR count). The first-order valence-corrected chi connectivity index (χ1v) is 9.40. The smallest absolute Gasteiger partial charge is 0.289 e. The van der Waals surface area contributed by atoms with Crippen molar-refractivity contribution in [1.29, 1.82) is 0 Å². The second kappa shape index (κ2) is 7.23. The molecular weight excluding hydrogens is 348 g/mol. The Morgan fingerprint density at radius 1 is 1.26 bits per heavy atom. The van der Waals surface area contributed by atoms with Crippen molar-refractivity contribution in [2.24, 2.45) is 0 Å². The fraction of sp³-hybridized carbons (Fsp3) is 0.500. The fourth-order valence-electron chi connectivity index (χ4n) is 3.99. The highest BCUT2D eigenvalue weighted by molar-refractivity contribution is 5.92. The Hall–Kier alpha value is -2.54. The van der Waals surface area contributed by atoms with Crippen molar-refractivity contribution < 1.29 is 23.2 Å². The quantitative estimate of drug-likeness (QED) is 0.892. The lowest BCUT2D eigenvalue weighted by Gasteiger charge is -2.38. The highest BCUT2D eigenvalue weighted by atomic mass is 16.5. The molecule has 1 N–H and O–H groups in total. The molecule has 4 heterocycles. The van der Waals surface area contributed by atoms with Crippen LogP contribution < -0.4 is 5.32 Å². The minimum atomic E-state index is -0.324. The number of likely N-dealkylation sites (tertiary alicyclic amines) is 1. The number of aryl methyl sites for hydroxylation is 1. The van der Waals surface area contributed by atoms with E-state index >= 15 is 0 Å². The van der Waals surface area contributed by atoms with Gasteiger partial charge in [-0.25, -0.2) is 0 Å². The number of furan rings is 2. The third kappa shape index (κ3) is 3.78. The molecule has 2 saturated heterocycles. The van der Waals surface area contributed by atoms with Gasteiger partial charge in [0.15, 0.2) is 11.5 Å². The van der Waals surface area contributed by atoms with Crippen molar-refractivity contribution in [3.63, 3.8) is 0 Å². The number of ether oxygens (including phenoxy) is 1. The maximum absolute atomic E-state index is 12.6. The van der Waals surface area contributed by atoms with Crippen molar-refractivity contribution in [3.8, 4) is 0 Å². The summed E-state index contributed by atoms with van der Waals surface area (Å²) in [6.07, 6.45) is 5.07. The number of rotatable bonds is 4. The molecule has 2 fully saturated rings. The maximum Gasteiger partial charge on any atom is 0.289 e. The van der Waals surface area contributed by atoms with Gasteiger partial charge in [0.1, 0.15) is 5.76 Å². The molecule has 0 aliphatic carbocycles. The second-order valence-electron chi connectivity index (χ2n) is 7.39. The third-order valence-electron chi connectivity index (χ3n) is 5.37. The molecule has 0 aromatic carbocycles. The summed E-state index contributed by atoms with van der Waals surface area (Å²) in [5.41, 5.74) is -0.324. The third-order valence-corrected chi connectivity index (χ3v) is 5.37. The molecule has 1 spiro atoms. The molecule has 2 atom stereocenters. The zero-order valence-electron chi connectivity index (χ0n) is 15.4. The first-order chi connectivity index (χ1) is 13.0. The average molecular weight is 372 g/mol. The molecule has 0 saturated carbocycles. The van der Waals surface area contributed by atoms with E-state index in [1.54, 1.807) is 24.3 Å². The van der Waals surface area contributed by atoms with E-state index in [-0.39, 0.29) is 23.5 Å². The Labute approximate surface area is 157 Å². The van der Waals surface area contributed by atoms with Gasteiger partial charge in [-0.3, -0.25) is 9.59 Å². The van der Waals surface area contributed by atoms with Gasteiger partial charge < -0.3 is 23.8 Å². The molecule has 2 aromatic rings. The van der Waals surface area contributed by atoms with Crippen LogP contribution in [0.3, 0.4) is 0 Å². The summed E-state index contributed by atoms with van der Waals surface area (Å²) in [4.78, 5) is 26.5. The van der Waals surface area contributed by atoms with Crippen LogP contribution in [0.2, 0.25) is 0 Å². The van der Waals surface area contributed by atoms with Crippen LogP contribution in [0.25, 0.3) is 0 Å². The van der Waals surface area contributed by atoms with Gasteiger partial charge in [0.05, 0.1) is 24.5 Å². The zero-order chi connectivity index (χ0) is 18.9. The Morgan fingerprint density at radius 2 is 2.15 bits per heavy atom. The fourth-order valence-corrected chi connectivity index (χ4v) is 3.99. The summed E-state index contributed by atoms with van der Waals surface area (Å²) >= 11 is 0. The van der Waals surface area contributed by atoms with E-state index in [1.807, 2.05) is 11.8 Å². The molecule has 7 heteroatoms. The largest absolute Gasteiger partial charge is 0.459 e. The predicted molar refractivity (Wildman–Crippen MR) is 96.5 cm³/mol. The van der Waals surface area contributed by atoms with Gasteiger partial charge in [-0.05, 0) is 56.9 Å². The Bertz CT molecular complexity index is 812.